The average molecular weight is 106 g/mol. The summed E-state index contributed by atoms with van der Waals surface area (Å²) in [5, 5.41) is 7.69. The molecule has 0 aliphatic rings. The topological polar surface area (TPSA) is 46.5 Å². The van der Waals surface area contributed by atoms with E-state index in [4.69, 9.17) is 5.11 Å². The third-order valence-electron chi connectivity index (χ3n) is 0.268. The van der Waals surface area contributed by atoms with E-state index in [0.29, 0.717) is 0 Å². The van der Waals surface area contributed by atoms with E-state index in [1.165, 1.54) is 0 Å². The van der Waals surface area contributed by atoms with Gasteiger partial charge in [-0.1, -0.05) is 0 Å². The van der Waals surface area contributed by atoms with Gasteiger partial charge >= 0.3 is 43.9 Å². The number of rotatable bonds is 1. The minimum atomic E-state index is -1.21. The minimum Gasteiger partial charge on any atom is -1.00 e. The summed E-state index contributed by atoms with van der Waals surface area (Å²) in [5.74, 6) is 0. The van der Waals surface area contributed by atoms with Crippen LogP contribution in [0.3, 0.4) is 0 Å². The zero-order valence-corrected chi connectivity index (χ0v) is 5.47. The Morgan fingerprint density at radius 1 is 1.75 bits per heavy atom. The molecule has 0 fully saturated rings. The smallest absolute Gasteiger partial charge is 1.00 e. The second kappa shape index (κ2) is 10.4. The Balaban J connectivity index is -0.0000000208. The van der Waals surface area contributed by atoms with Crippen molar-refractivity contribution in [3.05, 3.63) is 0 Å². The third kappa shape index (κ3) is 16.1. The molecule has 5 heteroatoms. The largest absolute Gasteiger partial charge is 1.00 e. The number of hydrogen-bond donors (Lipinski definition) is 1. The molecule has 0 saturated heterocycles. The van der Waals surface area contributed by atoms with Crippen LogP contribution in [0.25, 0.3) is 0 Å². The fourth-order valence-corrected chi connectivity index (χ4v) is 0.123. The van der Waals surface area contributed by atoms with Crippen LogP contribution in [0, 0.1) is 0 Å². The van der Waals surface area contributed by atoms with Gasteiger partial charge in [0.05, 0.1) is 6.61 Å². The van der Waals surface area contributed by atoms with Crippen LogP contribution in [0.5, 0.6) is 0 Å². The van der Waals surface area contributed by atoms with Gasteiger partial charge in [-0.05, 0) is 6.92 Å². The molecule has 8 heavy (non-hydrogen) atoms. The number of carbonyl (C=O) groups is 1. The molecule has 0 bridgehead atoms. The van der Waals surface area contributed by atoms with Crippen molar-refractivity contribution in [2.24, 2.45) is 0 Å². The van der Waals surface area contributed by atoms with Gasteiger partial charge in [-0.2, -0.15) is 0 Å². The molecule has 0 spiro atoms. The van der Waals surface area contributed by atoms with Crippen molar-refractivity contribution in [3.63, 3.8) is 0 Å². The monoisotopic (exact) mass is 106 g/mol. The Hall–Kier alpha value is 0.465. The molecular formula is C3H8Li2O3. The first kappa shape index (κ1) is 15.8. The van der Waals surface area contributed by atoms with Crippen molar-refractivity contribution in [1.82, 2.24) is 0 Å². The van der Waals surface area contributed by atoms with E-state index in [1.807, 2.05) is 0 Å². The summed E-state index contributed by atoms with van der Waals surface area (Å²) in [5.41, 5.74) is 0. The predicted octanol–water partition coefficient (Wildman–Crippen LogP) is -5.07. The molecule has 40 valence electrons. The molecule has 0 radical (unpaired) electrons. The van der Waals surface area contributed by atoms with E-state index < -0.39 is 6.16 Å². The van der Waals surface area contributed by atoms with Gasteiger partial charge in [0.25, 0.3) is 0 Å². The Kier molecular flexibility index (Phi) is 20.6. The summed E-state index contributed by atoms with van der Waals surface area (Å²) in [6, 6.07) is 0. The molecule has 1 N–H and O–H groups in total. The van der Waals surface area contributed by atoms with E-state index in [2.05, 4.69) is 4.74 Å². The molecule has 0 unspecified atom stereocenters. The Labute approximate surface area is 75.1 Å². The van der Waals surface area contributed by atoms with Gasteiger partial charge < -0.3 is 12.7 Å². The first-order valence-corrected chi connectivity index (χ1v) is 1.63. The zero-order chi connectivity index (χ0) is 4.99. The van der Waals surface area contributed by atoms with Gasteiger partial charge in [0.15, 0.2) is 0 Å². The van der Waals surface area contributed by atoms with Gasteiger partial charge in [0.2, 0.25) is 0 Å². The predicted molar refractivity (Wildman–Crippen MR) is 21.9 cm³/mol. The minimum absolute atomic E-state index is 0. The first-order valence-electron chi connectivity index (χ1n) is 1.63. The van der Waals surface area contributed by atoms with Gasteiger partial charge in [0, 0.05) is 0 Å². The zero-order valence-electron chi connectivity index (χ0n) is 7.47. The van der Waals surface area contributed by atoms with Crippen LogP contribution in [0.4, 0.5) is 4.79 Å². The summed E-state index contributed by atoms with van der Waals surface area (Å²) < 4.78 is 3.96. The van der Waals surface area contributed by atoms with Gasteiger partial charge in [0.1, 0.15) is 0 Å². The fourth-order valence-electron chi connectivity index (χ4n) is 0.123. The Morgan fingerprint density at radius 2 is 2.12 bits per heavy atom. The first-order chi connectivity index (χ1) is 2.77. The maximum Gasteiger partial charge on any atom is 1.00 e. The van der Waals surface area contributed by atoms with Crippen molar-refractivity contribution < 1.29 is 55.2 Å². The molecule has 0 aromatic carbocycles. The van der Waals surface area contributed by atoms with Crippen LogP contribution in [-0.2, 0) is 4.74 Å². The SMILES string of the molecule is CCOC(=O)O.[H-].[H-].[Li+].[Li+]. The van der Waals surface area contributed by atoms with Crippen LogP contribution in [0.1, 0.15) is 9.78 Å². The van der Waals surface area contributed by atoms with E-state index in [1.54, 1.807) is 6.92 Å². The second-order valence-electron chi connectivity index (χ2n) is 0.699. The molecule has 0 aliphatic carbocycles. The van der Waals surface area contributed by atoms with Crippen LogP contribution < -0.4 is 37.7 Å². The molecule has 0 aromatic heterocycles. The molecule has 0 atom stereocenters. The molecular weight excluding hydrogens is 97.9 g/mol. The maximum atomic E-state index is 9.38. The molecule has 0 aliphatic heterocycles. The van der Waals surface area contributed by atoms with Crippen molar-refractivity contribution >= 4 is 6.16 Å². The van der Waals surface area contributed by atoms with Crippen LogP contribution >= 0.6 is 0 Å². The van der Waals surface area contributed by atoms with Gasteiger partial charge in [-0.3, -0.25) is 0 Å². The number of carboxylic acid groups (broad SMARTS) is 1. The van der Waals surface area contributed by atoms with Crippen molar-refractivity contribution in [2.75, 3.05) is 6.61 Å². The van der Waals surface area contributed by atoms with Crippen LogP contribution in [-0.4, -0.2) is 17.9 Å². The number of hydrogen-bond acceptors (Lipinski definition) is 2. The molecule has 0 heterocycles. The number of ether oxygens (including phenoxy) is 1. The standard InChI is InChI=1S/C3H6O3.2Li.2H/c1-2-6-3(4)5;;;;/h2H2,1H3,(H,4,5);;;;/q;2*+1;2*-1. The summed E-state index contributed by atoms with van der Waals surface area (Å²) in [4.78, 5) is 9.38. The Morgan fingerprint density at radius 3 is 2.12 bits per heavy atom. The average Bonchev–Trinajstić information content (AvgIpc) is 1.35. The third-order valence-corrected chi connectivity index (χ3v) is 0.268. The van der Waals surface area contributed by atoms with Gasteiger partial charge in [-0.15, -0.1) is 0 Å². The molecule has 0 amide bonds. The summed E-state index contributed by atoms with van der Waals surface area (Å²) in [6.07, 6.45) is -1.21. The van der Waals surface area contributed by atoms with Gasteiger partial charge in [-0.25, -0.2) is 4.79 Å². The van der Waals surface area contributed by atoms with E-state index in [0.717, 1.165) is 0 Å². The molecule has 3 nitrogen and oxygen atoms in total. The summed E-state index contributed by atoms with van der Waals surface area (Å²) in [7, 11) is 0. The fraction of sp³-hybridized carbons (Fsp3) is 0.667. The van der Waals surface area contributed by atoms with Crippen molar-refractivity contribution in [3.8, 4) is 0 Å². The molecule has 0 aromatic rings. The second-order valence-corrected chi connectivity index (χ2v) is 0.699. The van der Waals surface area contributed by atoms with E-state index in [-0.39, 0.29) is 47.2 Å². The van der Waals surface area contributed by atoms with Crippen molar-refractivity contribution in [2.45, 2.75) is 6.92 Å². The normalized spacial score (nSPS) is 5.62. The van der Waals surface area contributed by atoms with E-state index in [9.17, 15) is 4.79 Å². The summed E-state index contributed by atoms with van der Waals surface area (Å²) in [6.45, 7) is 1.85. The van der Waals surface area contributed by atoms with Crippen molar-refractivity contribution in [1.29, 1.82) is 0 Å². The molecule has 0 saturated carbocycles. The quantitative estimate of drug-likeness (QED) is 0.269. The maximum absolute atomic E-state index is 9.38. The van der Waals surface area contributed by atoms with E-state index >= 15 is 0 Å². The Bertz CT molecular complexity index is 63.7. The van der Waals surface area contributed by atoms with Crippen LogP contribution in [0.15, 0.2) is 0 Å². The summed E-state index contributed by atoms with van der Waals surface area (Å²) >= 11 is 0. The van der Waals surface area contributed by atoms with Crippen LogP contribution in [0.2, 0.25) is 0 Å². The molecule has 0 rings (SSSR count).